The van der Waals surface area contributed by atoms with Gasteiger partial charge in [0, 0.05) is 27.6 Å². The summed E-state index contributed by atoms with van der Waals surface area (Å²) in [4.78, 5) is 12.3. The molecule has 140 valence electrons. The third kappa shape index (κ3) is 3.90. The van der Waals surface area contributed by atoms with E-state index >= 15 is 0 Å². The van der Waals surface area contributed by atoms with Crippen LogP contribution < -0.4 is 10.1 Å². The van der Waals surface area contributed by atoms with Crippen molar-refractivity contribution in [2.24, 2.45) is 0 Å². The maximum atomic E-state index is 13.9. The fourth-order valence-electron chi connectivity index (χ4n) is 2.88. The Balaban J connectivity index is 1.94. The van der Waals surface area contributed by atoms with Gasteiger partial charge in [0.2, 0.25) is 5.91 Å². The predicted octanol–water partition coefficient (Wildman–Crippen LogP) is 6.00. The average molecular weight is 432 g/mol. The minimum atomic E-state index is -0.507. The molecule has 1 aromatic heterocycles. The second kappa shape index (κ2) is 7.56. The summed E-state index contributed by atoms with van der Waals surface area (Å²) in [6.45, 7) is 5.70. The van der Waals surface area contributed by atoms with Crippen LogP contribution in [0.25, 0.3) is 16.5 Å². The first-order valence-electron chi connectivity index (χ1n) is 8.32. The average Bonchev–Trinajstić information content (AvgIpc) is 2.89. The van der Waals surface area contributed by atoms with Crippen molar-refractivity contribution in [3.8, 4) is 5.75 Å². The fraction of sp³-hybridized carbons (Fsp3) is 0.190. The molecule has 0 radical (unpaired) electrons. The van der Waals surface area contributed by atoms with Gasteiger partial charge in [-0.3, -0.25) is 4.79 Å². The van der Waals surface area contributed by atoms with Crippen LogP contribution in [0.3, 0.4) is 0 Å². The van der Waals surface area contributed by atoms with Crippen molar-refractivity contribution in [2.45, 2.75) is 20.8 Å². The van der Waals surface area contributed by atoms with Crippen molar-refractivity contribution in [1.29, 1.82) is 0 Å². The van der Waals surface area contributed by atoms with Gasteiger partial charge in [-0.1, -0.05) is 15.9 Å². The molecule has 2 aromatic carbocycles. The monoisotopic (exact) mass is 431 g/mol. The van der Waals surface area contributed by atoms with E-state index in [1.807, 2.05) is 32.9 Å². The van der Waals surface area contributed by atoms with E-state index < -0.39 is 11.7 Å². The number of carbonyl (C=O) groups is 1. The van der Waals surface area contributed by atoms with Gasteiger partial charge in [-0.25, -0.2) is 4.39 Å². The molecular weight excluding hydrogens is 413 g/mol. The summed E-state index contributed by atoms with van der Waals surface area (Å²) in [7, 11) is 1.57. The second-order valence-corrected chi connectivity index (χ2v) is 7.19. The number of aryl methyl sites for hydroxylation is 2. The number of allylic oxidation sites excluding steroid dienone is 1. The van der Waals surface area contributed by atoms with Gasteiger partial charge in [0.1, 0.15) is 22.9 Å². The number of hydrogen-bond donors (Lipinski definition) is 1. The van der Waals surface area contributed by atoms with E-state index in [0.29, 0.717) is 15.8 Å². The summed E-state index contributed by atoms with van der Waals surface area (Å²) in [6, 6.07) is 8.22. The van der Waals surface area contributed by atoms with Crippen LogP contribution in [-0.2, 0) is 4.79 Å². The van der Waals surface area contributed by atoms with Gasteiger partial charge in [-0.05, 0) is 56.2 Å². The SMILES string of the molecule is COc1cc2oc(C)c(C)c2cc1/C(C)=C/C(=O)Nc1ccc(Br)cc1F. The number of anilines is 1. The van der Waals surface area contributed by atoms with Crippen LogP contribution in [0.15, 0.2) is 45.3 Å². The molecule has 0 bridgehead atoms. The largest absolute Gasteiger partial charge is 0.496 e. The van der Waals surface area contributed by atoms with Crippen molar-refractivity contribution in [2.75, 3.05) is 12.4 Å². The lowest BCUT2D eigenvalue weighted by atomic mass is 10.0. The zero-order valence-electron chi connectivity index (χ0n) is 15.4. The minimum Gasteiger partial charge on any atom is -0.496 e. The van der Waals surface area contributed by atoms with E-state index in [4.69, 9.17) is 9.15 Å². The number of benzene rings is 2. The van der Waals surface area contributed by atoms with Gasteiger partial charge >= 0.3 is 0 Å². The molecule has 0 spiro atoms. The number of hydrogen-bond acceptors (Lipinski definition) is 3. The number of ether oxygens (including phenoxy) is 1. The molecule has 27 heavy (non-hydrogen) atoms. The Kier molecular flexibility index (Phi) is 5.37. The van der Waals surface area contributed by atoms with Gasteiger partial charge in [-0.2, -0.15) is 0 Å². The molecule has 0 fully saturated rings. The summed E-state index contributed by atoms with van der Waals surface area (Å²) in [5.74, 6) is 0.519. The molecule has 3 rings (SSSR count). The summed E-state index contributed by atoms with van der Waals surface area (Å²) < 4.78 is 25.7. The van der Waals surface area contributed by atoms with Crippen LogP contribution in [-0.4, -0.2) is 13.0 Å². The minimum absolute atomic E-state index is 0.121. The summed E-state index contributed by atoms with van der Waals surface area (Å²) in [5.41, 5.74) is 3.38. The van der Waals surface area contributed by atoms with E-state index in [9.17, 15) is 9.18 Å². The molecule has 4 nitrogen and oxygen atoms in total. The second-order valence-electron chi connectivity index (χ2n) is 6.27. The standard InChI is InChI=1S/C21H19BrFNO3/c1-11(7-21(25)24-18-6-5-14(22)8-17(18)23)15-9-16-12(2)13(3)27-20(16)10-19(15)26-4/h5-10H,1-4H3,(H,24,25)/b11-7+. The molecule has 0 aliphatic heterocycles. The Morgan fingerprint density at radius 3 is 2.67 bits per heavy atom. The molecule has 0 atom stereocenters. The van der Waals surface area contributed by atoms with Crippen molar-refractivity contribution in [1.82, 2.24) is 0 Å². The van der Waals surface area contributed by atoms with Crippen molar-refractivity contribution < 1.29 is 18.3 Å². The number of amides is 1. The molecule has 1 N–H and O–H groups in total. The number of methoxy groups -OCH3 is 1. The first-order valence-corrected chi connectivity index (χ1v) is 9.12. The highest BCUT2D eigenvalue weighted by Crippen LogP contribution is 2.34. The maximum absolute atomic E-state index is 13.9. The highest BCUT2D eigenvalue weighted by atomic mass is 79.9. The van der Waals surface area contributed by atoms with E-state index in [1.165, 1.54) is 18.2 Å². The number of fused-ring (bicyclic) bond motifs is 1. The highest BCUT2D eigenvalue weighted by molar-refractivity contribution is 9.10. The molecule has 1 heterocycles. The highest BCUT2D eigenvalue weighted by Gasteiger charge is 2.14. The number of nitrogens with one attached hydrogen (secondary N) is 1. The Morgan fingerprint density at radius 2 is 2.00 bits per heavy atom. The quantitative estimate of drug-likeness (QED) is 0.515. The number of halogens is 2. The predicted molar refractivity (Wildman–Crippen MR) is 109 cm³/mol. The van der Waals surface area contributed by atoms with E-state index in [2.05, 4.69) is 21.2 Å². The van der Waals surface area contributed by atoms with Gasteiger partial charge in [0.15, 0.2) is 0 Å². The maximum Gasteiger partial charge on any atom is 0.248 e. The zero-order chi connectivity index (χ0) is 19.7. The van der Waals surface area contributed by atoms with Gasteiger partial charge in [0.05, 0.1) is 12.8 Å². The van der Waals surface area contributed by atoms with Gasteiger partial charge in [-0.15, -0.1) is 0 Å². The third-order valence-corrected chi connectivity index (χ3v) is 4.95. The first kappa shape index (κ1) is 19.2. The smallest absolute Gasteiger partial charge is 0.248 e. The molecule has 6 heteroatoms. The fourth-order valence-corrected chi connectivity index (χ4v) is 3.21. The molecule has 0 saturated heterocycles. The van der Waals surface area contributed by atoms with Gasteiger partial charge < -0.3 is 14.5 Å². The summed E-state index contributed by atoms with van der Waals surface area (Å²) in [6.07, 6.45) is 1.42. The number of rotatable bonds is 4. The van der Waals surface area contributed by atoms with Crippen LogP contribution in [0.4, 0.5) is 10.1 Å². The van der Waals surface area contributed by atoms with Crippen LogP contribution in [0.2, 0.25) is 0 Å². The van der Waals surface area contributed by atoms with Crippen LogP contribution in [0.1, 0.15) is 23.8 Å². The zero-order valence-corrected chi connectivity index (χ0v) is 17.0. The number of carbonyl (C=O) groups excluding carboxylic acids is 1. The normalized spacial score (nSPS) is 11.7. The van der Waals surface area contributed by atoms with E-state index in [1.54, 1.807) is 13.2 Å². The molecule has 0 aliphatic carbocycles. The lowest BCUT2D eigenvalue weighted by Gasteiger charge is -2.10. The van der Waals surface area contributed by atoms with E-state index in [0.717, 1.165) is 27.9 Å². The third-order valence-electron chi connectivity index (χ3n) is 4.46. The van der Waals surface area contributed by atoms with Crippen molar-refractivity contribution >= 4 is 44.1 Å². The Labute approximate surface area is 165 Å². The van der Waals surface area contributed by atoms with Crippen LogP contribution >= 0.6 is 15.9 Å². The van der Waals surface area contributed by atoms with E-state index in [-0.39, 0.29) is 5.69 Å². The van der Waals surface area contributed by atoms with Crippen LogP contribution in [0, 0.1) is 19.7 Å². The molecule has 1 amide bonds. The summed E-state index contributed by atoms with van der Waals surface area (Å²) >= 11 is 3.19. The molecule has 3 aromatic rings. The molecule has 0 aliphatic rings. The van der Waals surface area contributed by atoms with Gasteiger partial charge in [0.25, 0.3) is 0 Å². The molecule has 0 saturated carbocycles. The lowest BCUT2D eigenvalue weighted by molar-refractivity contribution is -0.111. The Bertz CT molecular complexity index is 1070. The van der Waals surface area contributed by atoms with Crippen LogP contribution in [0.5, 0.6) is 5.75 Å². The Morgan fingerprint density at radius 1 is 1.26 bits per heavy atom. The first-order chi connectivity index (χ1) is 12.8. The van der Waals surface area contributed by atoms with Crippen molar-refractivity contribution in [3.63, 3.8) is 0 Å². The number of furan rings is 1. The Hall–Kier alpha value is -2.60. The molecule has 0 unspecified atom stereocenters. The summed E-state index contributed by atoms with van der Waals surface area (Å²) in [5, 5.41) is 3.53. The lowest BCUT2D eigenvalue weighted by Crippen LogP contribution is -2.10. The van der Waals surface area contributed by atoms with Crippen molar-refractivity contribution in [3.05, 3.63) is 63.6 Å². The topological polar surface area (TPSA) is 51.5 Å². The molecular formula is C21H19BrFNO3.